The molecule has 0 aliphatic carbocycles. The smallest absolute Gasteiger partial charge is 0.259 e. The average molecular weight is 315 g/mol. The van der Waals surface area contributed by atoms with Crippen molar-refractivity contribution in [3.63, 3.8) is 0 Å². The molecule has 5 heteroatoms. The van der Waals surface area contributed by atoms with Crippen LogP contribution in [0.15, 0.2) is 67.0 Å². The summed E-state index contributed by atoms with van der Waals surface area (Å²) in [6.07, 6.45) is 3.22. The fourth-order valence-corrected chi connectivity index (χ4v) is 2.65. The molecular weight excluding hydrogens is 302 g/mol. The number of hydrogen-bond donors (Lipinski definition) is 2. The van der Waals surface area contributed by atoms with Gasteiger partial charge in [-0.25, -0.2) is 0 Å². The normalized spacial score (nSPS) is 10.8. The molecule has 1 aromatic heterocycles. The van der Waals surface area contributed by atoms with E-state index in [0.717, 1.165) is 16.3 Å². The Kier molecular flexibility index (Phi) is 3.31. The second-order valence-electron chi connectivity index (χ2n) is 5.43. The minimum absolute atomic E-state index is 0.0493. The summed E-state index contributed by atoms with van der Waals surface area (Å²) >= 11 is 0. The molecule has 0 unspecified atom stereocenters. The summed E-state index contributed by atoms with van der Waals surface area (Å²) in [5, 5.41) is 14.7. The fourth-order valence-electron chi connectivity index (χ4n) is 2.65. The average Bonchev–Trinajstić information content (AvgIpc) is 2.61. The highest BCUT2D eigenvalue weighted by Gasteiger charge is 2.13. The molecule has 0 atom stereocenters. The quantitative estimate of drug-likeness (QED) is 0.591. The third-order valence-corrected chi connectivity index (χ3v) is 3.84. The molecule has 3 aromatic carbocycles. The largest absolute Gasteiger partial charge is 0.507 e. The molecule has 0 aliphatic heterocycles. The lowest BCUT2D eigenvalue weighted by Crippen LogP contribution is -2.12. The predicted octanol–water partition coefficient (Wildman–Crippen LogP) is 3.74. The van der Waals surface area contributed by atoms with Gasteiger partial charge in [0.05, 0.1) is 16.6 Å². The molecule has 4 rings (SSSR count). The monoisotopic (exact) mass is 315 g/mol. The molecule has 0 bridgehead atoms. The Morgan fingerprint density at radius 1 is 0.875 bits per heavy atom. The van der Waals surface area contributed by atoms with Gasteiger partial charge in [-0.15, -0.1) is 0 Å². The Morgan fingerprint density at radius 3 is 2.38 bits per heavy atom. The van der Waals surface area contributed by atoms with E-state index in [2.05, 4.69) is 15.3 Å². The van der Waals surface area contributed by atoms with E-state index in [0.29, 0.717) is 11.2 Å². The number of phenolic OH excluding ortho intramolecular Hbond substituents is 1. The number of anilines is 1. The number of amides is 1. The van der Waals surface area contributed by atoms with Crippen molar-refractivity contribution in [1.82, 2.24) is 9.97 Å². The zero-order valence-electron chi connectivity index (χ0n) is 12.6. The molecule has 2 N–H and O–H groups in total. The molecule has 24 heavy (non-hydrogen) atoms. The molecule has 1 amide bonds. The second-order valence-corrected chi connectivity index (χ2v) is 5.43. The maximum Gasteiger partial charge on any atom is 0.259 e. The van der Waals surface area contributed by atoms with Gasteiger partial charge in [0, 0.05) is 18.1 Å². The highest BCUT2D eigenvalue weighted by Crippen LogP contribution is 2.26. The number of aromatic hydroxyl groups is 1. The molecule has 0 spiro atoms. The van der Waals surface area contributed by atoms with E-state index in [1.807, 2.05) is 24.3 Å². The zero-order chi connectivity index (χ0) is 16.5. The standard InChI is InChI=1S/C19H13N3O2/c23-18-10-13-4-2-1-3-12(13)9-15(18)19(24)22-14-5-6-16-17(11-14)21-8-7-20-16/h1-11,23H,(H,22,24). The van der Waals surface area contributed by atoms with Crippen LogP contribution in [0.2, 0.25) is 0 Å². The fraction of sp³-hybridized carbons (Fsp3) is 0. The first kappa shape index (κ1) is 14.1. The van der Waals surface area contributed by atoms with Crippen molar-refractivity contribution in [2.24, 2.45) is 0 Å². The van der Waals surface area contributed by atoms with Gasteiger partial charge in [-0.05, 0) is 41.1 Å². The van der Waals surface area contributed by atoms with Crippen molar-refractivity contribution in [2.45, 2.75) is 0 Å². The number of carbonyl (C=O) groups excluding carboxylic acids is 1. The van der Waals surface area contributed by atoms with Crippen LogP contribution in [-0.4, -0.2) is 21.0 Å². The summed E-state index contributed by atoms with van der Waals surface area (Å²) in [6.45, 7) is 0. The Morgan fingerprint density at radius 2 is 1.58 bits per heavy atom. The van der Waals surface area contributed by atoms with Gasteiger partial charge in [-0.2, -0.15) is 0 Å². The van der Waals surface area contributed by atoms with Gasteiger partial charge in [0.2, 0.25) is 0 Å². The number of nitrogens with one attached hydrogen (secondary N) is 1. The van der Waals surface area contributed by atoms with Gasteiger partial charge in [0.15, 0.2) is 0 Å². The number of fused-ring (bicyclic) bond motifs is 2. The van der Waals surface area contributed by atoms with E-state index in [1.54, 1.807) is 42.7 Å². The number of carbonyl (C=O) groups is 1. The summed E-state index contributed by atoms with van der Waals surface area (Å²) in [7, 11) is 0. The Balaban J connectivity index is 1.69. The molecule has 0 saturated carbocycles. The number of rotatable bonds is 2. The lowest BCUT2D eigenvalue weighted by molar-refractivity contribution is 0.102. The summed E-state index contributed by atoms with van der Waals surface area (Å²) in [5.41, 5.74) is 2.27. The molecule has 0 aliphatic rings. The summed E-state index contributed by atoms with van der Waals surface area (Å²) in [4.78, 5) is 20.9. The van der Waals surface area contributed by atoms with Crippen molar-refractivity contribution in [3.05, 3.63) is 72.6 Å². The van der Waals surface area contributed by atoms with Crippen LogP contribution in [-0.2, 0) is 0 Å². The van der Waals surface area contributed by atoms with Crippen molar-refractivity contribution in [3.8, 4) is 5.75 Å². The summed E-state index contributed by atoms with van der Waals surface area (Å²) < 4.78 is 0. The number of benzene rings is 3. The lowest BCUT2D eigenvalue weighted by atomic mass is 10.1. The zero-order valence-corrected chi connectivity index (χ0v) is 12.6. The number of phenols is 1. The summed E-state index contributed by atoms with van der Waals surface area (Å²) in [5.74, 6) is -0.423. The maximum absolute atomic E-state index is 12.5. The topological polar surface area (TPSA) is 75.1 Å². The third kappa shape index (κ3) is 2.52. The first-order valence-electron chi connectivity index (χ1n) is 7.44. The van der Waals surface area contributed by atoms with Gasteiger partial charge in [0.1, 0.15) is 5.75 Å². The minimum atomic E-state index is -0.374. The predicted molar refractivity (Wildman–Crippen MR) is 93.1 cm³/mol. The van der Waals surface area contributed by atoms with Crippen molar-refractivity contribution in [2.75, 3.05) is 5.32 Å². The van der Waals surface area contributed by atoms with Crippen LogP contribution in [0.25, 0.3) is 21.8 Å². The molecule has 0 saturated heterocycles. The number of nitrogens with zero attached hydrogens (tertiary/aromatic N) is 2. The van der Waals surface area contributed by atoms with E-state index in [1.165, 1.54) is 0 Å². The maximum atomic E-state index is 12.5. The molecule has 116 valence electrons. The van der Waals surface area contributed by atoms with Gasteiger partial charge >= 0.3 is 0 Å². The third-order valence-electron chi connectivity index (χ3n) is 3.84. The van der Waals surface area contributed by atoms with Gasteiger partial charge in [-0.3, -0.25) is 14.8 Å². The first-order chi connectivity index (χ1) is 11.7. The van der Waals surface area contributed by atoms with E-state index in [9.17, 15) is 9.90 Å². The number of aromatic nitrogens is 2. The van der Waals surface area contributed by atoms with Crippen LogP contribution in [0.3, 0.4) is 0 Å². The Hall–Kier alpha value is -3.47. The van der Waals surface area contributed by atoms with Crippen LogP contribution in [0.4, 0.5) is 5.69 Å². The van der Waals surface area contributed by atoms with Crippen molar-refractivity contribution < 1.29 is 9.90 Å². The van der Waals surface area contributed by atoms with Gasteiger partial charge in [-0.1, -0.05) is 24.3 Å². The molecule has 1 heterocycles. The second kappa shape index (κ2) is 5.62. The Bertz CT molecular complexity index is 1080. The first-order valence-corrected chi connectivity index (χ1v) is 7.44. The van der Waals surface area contributed by atoms with E-state index < -0.39 is 0 Å². The molecule has 4 aromatic rings. The molecule has 0 radical (unpaired) electrons. The van der Waals surface area contributed by atoms with E-state index in [4.69, 9.17) is 0 Å². The summed E-state index contributed by atoms with van der Waals surface area (Å²) in [6, 6.07) is 16.1. The molecule has 0 fully saturated rings. The van der Waals surface area contributed by atoms with Crippen LogP contribution in [0, 0.1) is 0 Å². The van der Waals surface area contributed by atoms with E-state index >= 15 is 0 Å². The molecule has 5 nitrogen and oxygen atoms in total. The minimum Gasteiger partial charge on any atom is -0.507 e. The van der Waals surface area contributed by atoms with Crippen LogP contribution in [0.1, 0.15) is 10.4 Å². The van der Waals surface area contributed by atoms with Crippen LogP contribution >= 0.6 is 0 Å². The molecular formula is C19H13N3O2. The lowest BCUT2D eigenvalue weighted by Gasteiger charge is -2.09. The van der Waals surface area contributed by atoms with Crippen molar-refractivity contribution in [1.29, 1.82) is 0 Å². The van der Waals surface area contributed by atoms with Crippen LogP contribution in [0.5, 0.6) is 5.75 Å². The number of hydrogen-bond acceptors (Lipinski definition) is 4. The van der Waals surface area contributed by atoms with Crippen LogP contribution < -0.4 is 5.32 Å². The Labute approximate surface area is 137 Å². The highest BCUT2D eigenvalue weighted by atomic mass is 16.3. The SMILES string of the molecule is O=C(Nc1ccc2nccnc2c1)c1cc2ccccc2cc1O. The van der Waals surface area contributed by atoms with E-state index in [-0.39, 0.29) is 17.2 Å². The van der Waals surface area contributed by atoms with Crippen molar-refractivity contribution >= 4 is 33.4 Å². The highest BCUT2D eigenvalue weighted by molar-refractivity contribution is 6.09. The van der Waals surface area contributed by atoms with Gasteiger partial charge < -0.3 is 10.4 Å². The van der Waals surface area contributed by atoms with Gasteiger partial charge in [0.25, 0.3) is 5.91 Å².